The molecule has 3 nitrogen and oxygen atoms in total. The summed E-state index contributed by atoms with van der Waals surface area (Å²) in [4.78, 5) is 7.36. The number of piperidine rings is 1. The molecule has 2 rings (SSSR count). The van der Waals surface area contributed by atoms with Gasteiger partial charge in [-0.2, -0.15) is 0 Å². The first-order valence-corrected chi connectivity index (χ1v) is 7.16. The zero-order valence-electron chi connectivity index (χ0n) is 10.9. The number of nitrogens with two attached hydrogens (primary N) is 1. The van der Waals surface area contributed by atoms with E-state index in [0.717, 1.165) is 17.9 Å². The van der Waals surface area contributed by atoms with E-state index in [1.165, 1.54) is 32.1 Å². The molecule has 0 amide bonds. The number of rotatable bonds is 4. The molecule has 1 aromatic heterocycles. The summed E-state index contributed by atoms with van der Waals surface area (Å²) in [6.45, 7) is 3.30. The summed E-state index contributed by atoms with van der Waals surface area (Å²) < 4.78 is 0. The molecule has 98 valence electrons. The largest absolute Gasteiger partial charge is 0.389 e. The molecule has 1 fully saturated rings. The molecule has 1 aliphatic rings. The number of nitrogens with zero attached hydrogens (tertiary/aromatic N) is 2. The molecular formula is C14H21N3S. The second-order valence-electron chi connectivity index (χ2n) is 4.87. The molecule has 0 saturated carbocycles. The van der Waals surface area contributed by atoms with E-state index in [1.807, 2.05) is 18.3 Å². The van der Waals surface area contributed by atoms with Gasteiger partial charge in [0.25, 0.3) is 0 Å². The van der Waals surface area contributed by atoms with E-state index >= 15 is 0 Å². The van der Waals surface area contributed by atoms with E-state index in [9.17, 15) is 0 Å². The summed E-state index contributed by atoms with van der Waals surface area (Å²) in [5, 5.41) is 0. The van der Waals surface area contributed by atoms with Crippen LogP contribution in [0.15, 0.2) is 18.3 Å². The van der Waals surface area contributed by atoms with Gasteiger partial charge in [-0.05, 0) is 37.8 Å². The van der Waals surface area contributed by atoms with Gasteiger partial charge in [-0.15, -0.1) is 0 Å². The van der Waals surface area contributed by atoms with Crippen LogP contribution in [0.25, 0.3) is 0 Å². The molecule has 0 spiro atoms. The maximum atomic E-state index is 5.81. The standard InChI is InChI=1S/C14H21N3S/c1-2-6-11-7-3-4-10-17(11)14-12(13(15)18)8-5-9-16-14/h5,8-9,11H,2-4,6-7,10H2,1H3,(H2,15,18). The van der Waals surface area contributed by atoms with Crippen molar-refractivity contribution in [1.82, 2.24) is 4.98 Å². The summed E-state index contributed by atoms with van der Waals surface area (Å²) in [7, 11) is 0. The highest BCUT2D eigenvalue weighted by Gasteiger charge is 2.24. The van der Waals surface area contributed by atoms with E-state index in [2.05, 4.69) is 16.8 Å². The highest BCUT2D eigenvalue weighted by Crippen LogP contribution is 2.28. The van der Waals surface area contributed by atoms with Gasteiger partial charge in [-0.3, -0.25) is 0 Å². The molecule has 1 aromatic rings. The van der Waals surface area contributed by atoms with Crippen LogP contribution in [-0.4, -0.2) is 22.6 Å². The van der Waals surface area contributed by atoms with Crippen molar-refractivity contribution in [3.8, 4) is 0 Å². The topological polar surface area (TPSA) is 42.2 Å². The lowest BCUT2D eigenvalue weighted by Gasteiger charge is -2.37. The molecule has 1 atom stereocenters. The SMILES string of the molecule is CCCC1CCCCN1c1ncccc1C(N)=S. The Bertz CT molecular complexity index is 417. The maximum Gasteiger partial charge on any atom is 0.139 e. The van der Waals surface area contributed by atoms with E-state index in [-0.39, 0.29) is 0 Å². The molecule has 18 heavy (non-hydrogen) atoms. The number of thiocarbonyl (C=S) groups is 1. The highest BCUT2D eigenvalue weighted by atomic mass is 32.1. The summed E-state index contributed by atoms with van der Waals surface area (Å²) >= 11 is 5.13. The number of aromatic nitrogens is 1. The first-order chi connectivity index (χ1) is 8.74. The zero-order valence-corrected chi connectivity index (χ0v) is 11.7. The molecule has 4 heteroatoms. The number of pyridine rings is 1. The molecule has 1 unspecified atom stereocenters. The van der Waals surface area contributed by atoms with Gasteiger partial charge in [0.2, 0.25) is 0 Å². The van der Waals surface area contributed by atoms with Crippen molar-refractivity contribution in [3.63, 3.8) is 0 Å². The Morgan fingerprint density at radius 1 is 1.56 bits per heavy atom. The fraction of sp³-hybridized carbons (Fsp3) is 0.571. The number of hydrogen-bond donors (Lipinski definition) is 1. The van der Waals surface area contributed by atoms with Crippen LogP contribution in [0.5, 0.6) is 0 Å². The second kappa shape index (κ2) is 6.14. The Hall–Kier alpha value is -1.16. The molecular weight excluding hydrogens is 242 g/mol. The third-order valence-corrected chi connectivity index (χ3v) is 3.79. The normalized spacial score (nSPS) is 19.8. The molecule has 0 aromatic carbocycles. The van der Waals surface area contributed by atoms with E-state index in [0.29, 0.717) is 11.0 Å². The van der Waals surface area contributed by atoms with Crippen LogP contribution >= 0.6 is 12.2 Å². The molecule has 2 N–H and O–H groups in total. The predicted molar refractivity (Wildman–Crippen MR) is 80.0 cm³/mol. The van der Waals surface area contributed by atoms with Crippen molar-refractivity contribution in [3.05, 3.63) is 23.9 Å². The van der Waals surface area contributed by atoms with Crippen LogP contribution in [0, 0.1) is 0 Å². The Labute approximate surface area is 114 Å². The summed E-state index contributed by atoms with van der Waals surface area (Å²) in [5.41, 5.74) is 6.72. The fourth-order valence-electron chi connectivity index (χ4n) is 2.73. The van der Waals surface area contributed by atoms with Crippen LogP contribution in [0.1, 0.15) is 44.6 Å². The van der Waals surface area contributed by atoms with Crippen LogP contribution in [0.2, 0.25) is 0 Å². The first-order valence-electron chi connectivity index (χ1n) is 6.75. The third-order valence-electron chi connectivity index (χ3n) is 3.57. The Kier molecular flexibility index (Phi) is 4.53. The van der Waals surface area contributed by atoms with Gasteiger partial charge in [0.15, 0.2) is 0 Å². The summed E-state index contributed by atoms with van der Waals surface area (Å²) in [5.74, 6) is 0.975. The van der Waals surface area contributed by atoms with Crippen molar-refractivity contribution in [2.75, 3.05) is 11.4 Å². The minimum absolute atomic E-state index is 0.443. The monoisotopic (exact) mass is 263 g/mol. The molecule has 0 aliphatic carbocycles. The van der Waals surface area contributed by atoms with E-state index in [4.69, 9.17) is 18.0 Å². The van der Waals surface area contributed by atoms with Gasteiger partial charge in [-0.25, -0.2) is 4.98 Å². The van der Waals surface area contributed by atoms with E-state index in [1.54, 1.807) is 0 Å². The average Bonchev–Trinajstić information content (AvgIpc) is 2.40. The summed E-state index contributed by atoms with van der Waals surface area (Å²) in [6.07, 6.45) is 8.05. The van der Waals surface area contributed by atoms with Crippen molar-refractivity contribution in [2.24, 2.45) is 5.73 Å². The zero-order chi connectivity index (χ0) is 13.0. The highest BCUT2D eigenvalue weighted by molar-refractivity contribution is 7.80. The Morgan fingerprint density at radius 2 is 2.39 bits per heavy atom. The predicted octanol–water partition coefficient (Wildman–Crippen LogP) is 2.87. The van der Waals surface area contributed by atoms with Crippen molar-refractivity contribution >= 4 is 23.0 Å². The van der Waals surface area contributed by atoms with Gasteiger partial charge in [0.05, 0.1) is 5.56 Å². The van der Waals surface area contributed by atoms with Crippen molar-refractivity contribution in [2.45, 2.75) is 45.1 Å². The Balaban J connectivity index is 2.30. The minimum atomic E-state index is 0.443. The fourth-order valence-corrected chi connectivity index (χ4v) is 2.89. The number of hydrogen-bond acceptors (Lipinski definition) is 3. The molecule has 1 aliphatic heterocycles. The van der Waals surface area contributed by atoms with Crippen molar-refractivity contribution in [1.29, 1.82) is 0 Å². The molecule has 1 saturated heterocycles. The van der Waals surface area contributed by atoms with Crippen molar-refractivity contribution < 1.29 is 0 Å². The van der Waals surface area contributed by atoms with Crippen LogP contribution in [0.3, 0.4) is 0 Å². The average molecular weight is 263 g/mol. The third kappa shape index (κ3) is 2.80. The second-order valence-corrected chi connectivity index (χ2v) is 5.31. The van der Waals surface area contributed by atoms with Gasteiger partial charge < -0.3 is 10.6 Å². The van der Waals surface area contributed by atoms with E-state index < -0.39 is 0 Å². The number of anilines is 1. The van der Waals surface area contributed by atoms with Gasteiger partial charge in [0.1, 0.15) is 10.8 Å². The van der Waals surface area contributed by atoms with Crippen LogP contribution in [0.4, 0.5) is 5.82 Å². The molecule has 2 heterocycles. The van der Waals surface area contributed by atoms with Crippen LogP contribution in [-0.2, 0) is 0 Å². The maximum absolute atomic E-state index is 5.81. The Morgan fingerprint density at radius 3 is 3.11 bits per heavy atom. The van der Waals surface area contributed by atoms with Crippen LogP contribution < -0.4 is 10.6 Å². The molecule has 0 bridgehead atoms. The lowest BCUT2D eigenvalue weighted by atomic mass is 9.97. The molecule has 0 radical (unpaired) electrons. The first kappa shape index (κ1) is 13.3. The smallest absolute Gasteiger partial charge is 0.139 e. The lowest BCUT2D eigenvalue weighted by Crippen LogP contribution is -2.41. The quantitative estimate of drug-likeness (QED) is 0.848. The van der Waals surface area contributed by atoms with Gasteiger partial charge >= 0.3 is 0 Å². The van der Waals surface area contributed by atoms with Gasteiger partial charge in [-0.1, -0.05) is 25.6 Å². The lowest BCUT2D eigenvalue weighted by molar-refractivity contribution is 0.432. The summed E-state index contributed by atoms with van der Waals surface area (Å²) in [6, 6.07) is 4.46. The van der Waals surface area contributed by atoms with Gasteiger partial charge in [0, 0.05) is 18.8 Å². The minimum Gasteiger partial charge on any atom is -0.389 e.